The second-order valence-electron chi connectivity index (χ2n) is 4.16. The molecule has 0 unspecified atom stereocenters. The van der Waals surface area contributed by atoms with Crippen LogP contribution in [0.4, 0.5) is 14.5 Å². The molecule has 1 aromatic carbocycles. The molecule has 2 N–H and O–H groups in total. The highest BCUT2D eigenvalue weighted by Gasteiger charge is 2.13. The van der Waals surface area contributed by atoms with Gasteiger partial charge >= 0.3 is 5.97 Å². The first-order valence-corrected chi connectivity index (χ1v) is 5.89. The molecule has 0 saturated carbocycles. The standard InChI is InChI=1S/C14H10F2N2O3/c15-10-2-1-3-11(16)9(10)6-13(19)18-8-4-5-12(14(20)21)17-7-8/h1-5,7H,6H2,(H,18,19)(H,20,21). The number of hydrogen-bond acceptors (Lipinski definition) is 3. The molecule has 21 heavy (non-hydrogen) atoms. The second kappa shape index (κ2) is 6.08. The largest absolute Gasteiger partial charge is 0.477 e. The van der Waals surface area contributed by atoms with Gasteiger partial charge in [-0.25, -0.2) is 18.6 Å². The smallest absolute Gasteiger partial charge is 0.354 e. The topological polar surface area (TPSA) is 79.3 Å². The molecule has 108 valence electrons. The van der Waals surface area contributed by atoms with Crippen molar-refractivity contribution in [2.75, 3.05) is 5.32 Å². The number of anilines is 1. The summed E-state index contributed by atoms with van der Waals surface area (Å²) in [6, 6.07) is 5.89. The number of rotatable bonds is 4. The first-order valence-electron chi connectivity index (χ1n) is 5.89. The lowest BCUT2D eigenvalue weighted by atomic mass is 10.1. The highest BCUT2D eigenvalue weighted by molar-refractivity contribution is 5.92. The van der Waals surface area contributed by atoms with Gasteiger partial charge in [0.2, 0.25) is 5.91 Å². The Morgan fingerprint density at radius 1 is 1.14 bits per heavy atom. The summed E-state index contributed by atoms with van der Waals surface area (Å²) in [4.78, 5) is 25.9. The van der Waals surface area contributed by atoms with Crippen LogP contribution in [0.25, 0.3) is 0 Å². The fourth-order valence-corrected chi connectivity index (χ4v) is 1.66. The van der Waals surface area contributed by atoms with E-state index in [0.29, 0.717) is 0 Å². The highest BCUT2D eigenvalue weighted by atomic mass is 19.1. The molecule has 0 atom stereocenters. The van der Waals surface area contributed by atoms with Crippen LogP contribution in [0, 0.1) is 11.6 Å². The van der Waals surface area contributed by atoms with E-state index in [0.717, 1.165) is 18.3 Å². The molecule has 2 rings (SSSR count). The van der Waals surface area contributed by atoms with Crippen LogP contribution in [0.5, 0.6) is 0 Å². The third-order valence-electron chi connectivity index (χ3n) is 2.67. The Labute approximate surface area is 118 Å². The summed E-state index contributed by atoms with van der Waals surface area (Å²) in [5, 5.41) is 11.1. The number of pyridine rings is 1. The molecule has 0 saturated heterocycles. The van der Waals surface area contributed by atoms with Crippen LogP contribution < -0.4 is 5.32 Å². The zero-order valence-corrected chi connectivity index (χ0v) is 10.6. The number of halogens is 2. The molecular weight excluding hydrogens is 282 g/mol. The van der Waals surface area contributed by atoms with Crippen molar-refractivity contribution in [2.24, 2.45) is 0 Å². The minimum atomic E-state index is -1.19. The lowest BCUT2D eigenvalue weighted by Crippen LogP contribution is -2.16. The van der Waals surface area contributed by atoms with Gasteiger partial charge in [0.05, 0.1) is 18.3 Å². The van der Waals surface area contributed by atoms with Gasteiger partial charge in [0.15, 0.2) is 0 Å². The van der Waals surface area contributed by atoms with E-state index >= 15 is 0 Å². The zero-order valence-electron chi connectivity index (χ0n) is 10.6. The Bertz CT molecular complexity index is 667. The fraction of sp³-hybridized carbons (Fsp3) is 0.0714. The van der Waals surface area contributed by atoms with E-state index in [-0.39, 0.29) is 16.9 Å². The van der Waals surface area contributed by atoms with E-state index in [2.05, 4.69) is 10.3 Å². The van der Waals surface area contributed by atoms with E-state index in [1.54, 1.807) is 0 Å². The first kappa shape index (κ1) is 14.6. The van der Waals surface area contributed by atoms with Crippen molar-refractivity contribution < 1.29 is 23.5 Å². The van der Waals surface area contributed by atoms with Crippen LogP contribution in [-0.2, 0) is 11.2 Å². The molecule has 1 aromatic heterocycles. The molecule has 0 aliphatic rings. The third kappa shape index (κ3) is 3.59. The van der Waals surface area contributed by atoms with Gasteiger partial charge in [0.1, 0.15) is 17.3 Å². The molecule has 0 bridgehead atoms. The van der Waals surface area contributed by atoms with Crippen LogP contribution >= 0.6 is 0 Å². The van der Waals surface area contributed by atoms with Crippen molar-refractivity contribution in [3.8, 4) is 0 Å². The number of amides is 1. The SMILES string of the molecule is O=C(Cc1c(F)cccc1F)Nc1ccc(C(=O)O)nc1. The van der Waals surface area contributed by atoms with Crippen molar-refractivity contribution in [2.45, 2.75) is 6.42 Å². The average Bonchev–Trinajstić information content (AvgIpc) is 2.43. The van der Waals surface area contributed by atoms with Crippen molar-refractivity contribution >= 4 is 17.6 Å². The van der Waals surface area contributed by atoms with Gasteiger partial charge in [0, 0.05) is 5.56 Å². The molecule has 1 heterocycles. The van der Waals surface area contributed by atoms with Gasteiger partial charge < -0.3 is 10.4 Å². The number of carboxylic acid groups (broad SMARTS) is 1. The number of carboxylic acids is 1. The zero-order chi connectivity index (χ0) is 15.4. The Morgan fingerprint density at radius 2 is 1.81 bits per heavy atom. The Morgan fingerprint density at radius 3 is 2.33 bits per heavy atom. The highest BCUT2D eigenvalue weighted by Crippen LogP contribution is 2.14. The Kier molecular flexibility index (Phi) is 4.22. The van der Waals surface area contributed by atoms with Gasteiger partial charge in [-0.05, 0) is 24.3 Å². The molecule has 2 aromatic rings. The molecule has 7 heteroatoms. The number of aromatic nitrogens is 1. The number of aromatic carboxylic acids is 1. The van der Waals surface area contributed by atoms with Crippen LogP contribution in [0.3, 0.4) is 0 Å². The van der Waals surface area contributed by atoms with E-state index in [9.17, 15) is 18.4 Å². The molecule has 0 radical (unpaired) electrons. The second-order valence-corrected chi connectivity index (χ2v) is 4.16. The number of carbonyl (C=O) groups excluding carboxylic acids is 1. The minimum absolute atomic E-state index is 0.173. The maximum atomic E-state index is 13.4. The van der Waals surface area contributed by atoms with E-state index in [1.165, 1.54) is 18.2 Å². The molecule has 0 spiro atoms. The van der Waals surface area contributed by atoms with Gasteiger partial charge in [-0.3, -0.25) is 4.79 Å². The molecular formula is C14H10F2N2O3. The van der Waals surface area contributed by atoms with E-state index < -0.39 is 29.9 Å². The van der Waals surface area contributed by atoms with Crippen LogP contribution in [0.1, 0.15) is 16.1 Å². The summed E-state index contributed by atoms with van der Waals surface area (Å²) in [6.45, 7) is 0. The number of nitrogens with zero attached hydrogens (tertiary/aromatic N) is 1. The number of benzene rings is 1. The monoisotopic (exact) mass is 292 g/mol. The van der Waals surface area contributed by atoms with E-state index in [4.69, 9.17) is 5.11 Å². The van der Waals surface area contributed by atoms with Crippen molar-refractivity contribution in [3.63, 3.8) is 0 Å². The molecule has 0 fully saturated rings. The molecule has 0 aliphatic carbocycles. The van der Waals surface area contributed by atoms with Crippen LogP contribution in [0.15, 0.2) is 36.5 Å². The first-order chi connectivity index (χ1) is 9.97. The third-order valence-corrected chi connectivity index (χ3v) is 2.67. The lowest BCUT2D eigenvalue weighted by molar-refractivity contribution is -0.115. The maximum absolute atomic E-state index is 13.4. The van der Waals surface area contributed by atoms with Crippen LogP contribution in [0.2, 0.25) is 0 Å². The molecule has 1 amide bonds. The number of nitrogens with one attached hydrogen (secondary N) is 1. The van der Waals surface area contributed by atoms with Crippen LogP contribution in [-0.4, -0.2) is 22.0 Å². The van der Waals surface area contributed by atoms with Gasteiger partial charge in [0.25, 0.3) is 0 Å². The minimum Gasteiger partial charge on any atom is -0.477 e. The Hall–Kier alpha value is -2.83. The summed E-state index contributed by atoms with van der Waals surface area (Å²) in [5.74, 6) is -3.43. The number of hydrogen-bond donors (Lipinski definition) is 2. The van der Waals surface area contributed by atoms with E-state index in [1.807, 2.05) is 0 Å². The Balaban J connectivity index is 2.06. The van der Waals surface area contributed by atoms with Gasteiger partial charge in [-0.2, -0.15) is 0 Å². The molecule has 0 aliphatic heterocycles. The summed E-state index contributed by atoms with van der Waals surface area (Å²) in [7, 11) is 0. The van der Waals surface area contributed by atoms with Gasteiger partial charge in [-0.1, -0.05) is 6.07 Å². The normalized spacial score (nSPS) is 10.2. The summed E-state index contributed by atoms with van der Waals surface area (Å²) < 4.78 is 26.8. The number of carbonyl (C=O) groups is 2. The average molecular weight is 292 g/mol. The van der Waals surface area contributed by atoms with Crippen molar-refractivity contribution in [1.29, 1.82) is 0 Å². The predicted molar refractivity (Wildman–Crippen MR) is 69.9 cm³/mol. The summed E-state index contributed by atoms with van der Waals surface area (Å²) in [5.41, 5.74) is -0.264. The lowest BCUT2D eigenvalue weighted by Gasteiger charge is -2.07. The summed E-state index contributed by atoms with van der Waals surface area (Å²) >= 11 is 0. The van der Waals surface area contributed by atoms with Gasteiger partial charge in [-0.15, -0.1) is 0 Å². The summed E-state index contributed by atoms with van der Waals surface area (Å²) in [6.07, 6.45) is 0.679. The fourth-order valence-electron chi connectivity index (χ4n) is 1.66. The predicted octanol–water partition coefficient (Wildman–Crippen LogP) is 2.24. The quantitative estimate of drug-likeness (QED) is 0.905. The maximum Gasteiger partial charge on any atom is 0.354 e. The molecule has 5 nitrogen and oxygen atoms in total. The van der Waals surface area contributed by atoms with Crippen molar-refractivity contribution in [3.05, 3.63) is 59.4 Å². The van der Waals surface area contributed by atoms with Crippen molar-refractivity contribution in [1.82, 2.24) is 4.98 Å².